The van der Waals surface area contributed by atoms with Gasteiger partial charge in [0.25, 0.3) is 0 Å². The van der Waals surface area contributed by atoms with E-state index in [4.69, 9.17) is 4.74 Å². The summed E-state index contributed by atoms with van der Waals surface area (Å²) in [5, 5.41) is 8.93. The number of carbonyl (C=O) groups is 1. The second-order valence-corrected chi connectivity index (χ2v) is 4.79. The van der Waals surface area contributed by atoms with Crippen molar-refractivity contribution in [3.8, 4) is 0 Å². The van der Waals surface area contributed by atoms with Crippen LogP contribution in [0.15, 0.2) is 24.3 Å². The first kappa shape index (κ1) is 13.8. The van der Waals surface area contributed by atoms with Gasteiger partial charge in [0, 0.05) is 18.3 Å². The van der Waals surface area contributed by atoms with Crippen LogP contribution in [0.2, 0.25) is 0 Å². The molecule has 0 saturated carbocycles. The van der Waals surface area contributed by atoms with E-state index in [1.165, 1.54) is 0 Å². The second-order valence-electron chi connectivity index (χ2n) is 4.79. The van der Waals surface area contributed by atoms with E-state index in [1.54, 1.807) is 0 Å². The molecule has 1 saturated heterocycles. The summed E-state index contributed by atoms with van der Waals surface area (Å²) in [5.74, 6) is 0. The molecule has 1 fully saturated rings. The van der Waals surface area contributed by atoms with E-state index in [9.17, 15) is 4.79 Å². The topological polar surface area (TPSA) is 62.4 Å². The average molecular weight is 263 g/mol. The van der Waals surface area contributed by atoms with Crippen LogP contribution < -0.4 is 16.0 Å². The molecule has 5 nitrogen and oxygen atoms in total. The van der Waals surface area contributed by atoms with Crippen molar-refractivity contribution in [2.45, 2.75) is 25.4 Å². The van der Waals surface area contributed by atoms with Gasteiger partial charge in [-0.2, -0.15) is 0 Å². The van der Waals surface area contributed by atoms with E-state index < -0.39 is 0 Å². The monoisotopic (exact) mass is 263 g/mol. The zero-order valence-electron chi connectivity index (χ0n) is 11.4. The lowest BCUT2D eigenvalue weighted by Crippen LogP contribution is -2.38. The third-order valence-electron chi connectivity index (χ3n) is 3.34. The standard InChI is InChI=1S/C14H21N3O2/c1-10(15-2)11-4-3-5-12(8-11)16-14(18)17-13-6-7-19-9-13/h3-5,8,10,13,15H,6-7,9H2,1-2H3,(H2,16,17,18). The van der Waals surface area contributed by atoms with Gasteiger partial charge >= 0.3 is 6.03 Å². The van der Waals surface area contributed by atoms with Gasteiger partial charge < -0.3 is 20.7 Å². The molecule has 0 aliphatic carbocycles. The van der Waals surface area contributed by atoms with Crippen molar-refractivity contribution in [3.63, 3.8) is 0 Å². The highest BCUT2D eigenvalue weighted by Gasteiger charge is 2.17. The summed E-state index contributed by atoms with van der Waals surface area (Å²) in [5.41, 5.74) is 1.94. The van der Waals surface area contributed by atoms with Gasteiger partial charge in [-0.25, -0.2) is 4.79 Å². The third kappa shape index (κ3) is 3.94. The summed E-state index contributed by atoms with van der Waals surface area (Å²) < 4.78 is 5.22. The molecule has 1 heterocycles. The van der Waals surface area contributed by atoms with E-state index in [-0.39, 0.29) is 18.1 Å². The Morgan fingerprint density at radius 1 is 1.47 bits per heavy atom. The van der Waals surface area contributed by atoms with Crippen molar-refractivity contribution in [2.24, 2.45) is 0 Å². The molecule has 0 bridgehead atoms. The number of urea groups is 1. The van der Waals surface area contributed by atoms with Crippen LogP contribution >= 0.6 is 0 Å². The van der Waals surface area contributed by atoms with Crippen LogP contribution in [-0.4, -0.2) is 32.3 Å². The first-order chi connectivity index (χ1) is 9.19. The normalized spacial score (nSPS) is 20.0. The molecule has 2 rings (SSSR count). The fourth-order valence-electron chi connectivity index (χ4n) is 2.05. The van der Waals surface area contributed by atoms with Gasteiger partial charge in [0.05, 0.1) is 12.6 Å². The van der Waals surface area contributed by atoms with Crippen molar-refractivity contribution < 1.29 is 9.53 Å². The number of amides is 2. The number of ether oxygens (including phenoxy) is 1. The van der Waals surface area contributed by atoms with Crippen molar-refractivity contribution in [2.75, 3.05) is 25.6 Å². The van der Waals surface area contributed by atoms with E-state index in [0.717, 1.165) is 24.3 Å². The number of nitrogens with one attached hydrogen (secondary N) is 3. The Balaban J connectivity index is 1.92. The van der Waals surface area contributed by atoms with Gasteiger partial charge in [0.1, 0.15) is 0 Å². The van der Waals surface area contributed by atoms with Crippen LogP contribution in [0.1, 0.15) is 24.9 Å². The second kappa shape index (κ2) is 6.54. The number of carbonyl (C=O) groups excluding carboxylic acids is 1. The molecule has 1 aliphatic rings. The Kier molecular flexibility index (Phi) is 4.76. The van der Waals surface area contributed by atoms with Crippen molar-refractivity contribution in [3.05, 3.63) is 29.8 Å². The van der Waals surface area contributed by atoms with Crippen molar-refractivity contribution in [1.82, 2.24) is 10.6 Å². The molecule has 1 aliphatic heterocycles. The average Bonchev–Trinajstić information content (AvgIpc) is 2.90. The SMILES string of the molecule is CNC(C)c1cccc(NC(=O)NC2CCOC2)c1. The molecular formula is C14H21N3O2. The zero-order chi connectivity index (χ0) is 13.7. The molecule has 0 radical (unpaired) electrons. The van der Waals surface area contributed by atoms with Gasteiger partial charge in [0.2, 0.25) is 0 Å². The smallest absolute Gasteiger partial charge is 0.319 e. The molecular weight excluding hydrogens is 242 g/mol. The Bertz CT molecular complexity index is 430. The molecule has 3 N–H and O–H groups in total. The van der Waals surface area contributed by atoms with Crippen LogP contribution in [0.3, 0.4) is 0 Å². The summed E-state index contributed by atoms with van der Waals surface area (Å²) >= 11 is 0. The molecule has 104 valence electrons. The summed E-state index contributed by atoms with van der Waals surface area (Å²) in [6.45, 7) is 3.40. The van der Waals surface area contributed by atoms with Crippen molar-refractivity contribution in [1.29, 1.82) is 0 Å². The number of hydrogen-bond acceptors (Lipinski definition) is 3. The van der Waals surface area contributed by atoms with E-state index in [1.807, 2.05) is 31.3 Å². The van der Waals surface area contributed by atoms with Crippen LogP contribution in [0.4, 0.5) is 10.5 Å². The summed E-state index contributed by atoms with van der Waals surface area (Å²) in [6, 6.07) is 8.05. The predicted octanol–water partition coefficient (Wildman–Crippen LogP) is 1.88. The molecule has 1 aromatic rings. The molecule has 2 amide bonds. The Morgan fingerprint density at radius 2 is 2.32 bits per heavy atom. The largest absolute Gasteiger partial charge is 0.379 e. The molecule has 2 unspecified atom stereocenters. The summed E-state index contributed by atoms with van der Waals surface area (Å²) in [6.07, 6.45) is 0.879. The molecule has 0 spiro atoms. The molecule has 2 atom stereocenters. The third-order valence-corrected chi connectivity index (χ3v) is 3.34. The minimum atomic E-state index is -0.176. The Morgan fingerprint density at radius 3 is 3.00 bits per heavy atom. The first-order valence-electron chi connectivity index (χ1n) is 6.61. The van der Waals surface area contributed by atoms with Crippen LogP contribution in [0.5, 0.6) is 0 Å². The lowest BCUT2D eigenvalue weighted by atomic mass is 10.1. The number of hydrogen-bond donors (Lipinski definition) is 3. The fourth-order valence-corrected chi connectivity index (χ4v) is 2.05. The number of rotatable bonds is 4. The van der Waals surface area contributed by atoms with Gasteiger partial charge in [-0.1, -0.05) is 12.1 Å². The predicted molar refractivity (Wildman–Crippen MR) is 75.3 cm³/mol. The highest BCUT2D eigenvalue weighted by Crippen LogP contribution is 2.17. The van der Waals surface area contributed by atoms with Crippen LogP contribution in [0, 0.1) is 0 Å². The zero-order valence-corrected chi connectivity index (χ0v) is 11.4. The lowest BCUT2D eigenvalue weighted by molar-refractivity contribution is 0.189. The van der Waals surface area contributed by atoms with Gasteiger partial charge in [-0.05, 0) is 38.1 Å². The molecule has 1 aromatic carbocycles. The van der Waals surface area contributed by atoms with Gasteiger partial charge in [-0.15, -0.1) is 0 Å². The van der Waals surface area contributed by atoms with Gasteiger partial charge in [0.15, 0.2) is 0 Å². The number of benzene rings is 1. The Hall–Kier alpha value is -1.59. The molecule has 5 heteroatoms. The minimum Gasteiger partial charge on any atom is -0.379 e. The minimum absolute atomic E-state index is 0.124. The maximum absolute atomic E-state index is 11.8. The van der Waals surface area contributed by atoms with E-state index in [2.05, 4.69) is 22.9 Å². The van der Waals surface area contributed by atoms with Crippen LogP contribution in [-0.2, 0) is 4.74 Å². The molecule has 19 heavy (non-hydrogen) atoms. The fraction of sp³-hybridized carbons (Fsp3) is 0.500. The summed E-state index contributed by atoms with van der Waals surface area (Å²) in [4.78, 5) is 11.8. The molecule has 0 aromatic heterocycles. The quantitative estimate of drug-likeness (QED) is 0.777. The van der Waals surface area contributed by atoms with Crippen molar-refractivity contribution >= 4 is 11.7 Å². The lowest BCUT2D eigenvalue weighted by Gasteiger charge is -2.14. The van der Waals surface area contributed by atoms with Crippen LogP contribution in [0.25, 0.3) is 0 Å². The number of anilines is 1. The maximum Gasteiger partial charge on any atom is 0.319 e. The highest BCUT2D eigenvalue weighted by atomic mass is 16.5. The Labute approximate surface area is 113 Å². The van der Waals surface area contributed by atoms with E-state index >= 15 is 0 Å². The van der Waals surface area contributed by atoms with Gasteiger partial charge in [-0.3, -0.25) is 0 Å². The maximum atomic E-state index is 11.8. The first-order valence-corrected chi connectivity index (χ1v) is 6.61. The van der Waals surface area contributed by atoms with E-state index in [0.29, 0.717) is 6.61 Å². The summed E-state index contributed by atoms with van der Waals surface area (Å²) in [7, 11) is 1.91. The highest BCUT2D eigenvalue weighted by molar-refractivity contribution is 5.89.